The third-order valence-electron chi connectivity index (χ3n) is 15.1. The van der Waals surface area contributed by atoms with Crippen molar-refractivity contribution in [1.29, 1.82) is 0 Å². The van der Waals surface area contributed by atoms with Crippen molar-refractivity contribution in [1.82, 2.24) is 76.8 Å². The number of ether oxygens (including phenoxy) is 6. The maximum atomic E-state index is 6.03. The van der Waals surface area contributed by atoms with Crippen LogP contribution in [0, 0.1) is 0 Å². The normalized spacial score (nSPS) is 10.9. The molecule has 0 saturated heterocycles. The molecule has 15 aromatic rings. The molecule has 21 heteroatoms. The lowest BCUT2D eigenvalue weighted by Crippen LogP contribution is -2.01. The molecule has 6 heterocycles. The largest absolute Gasteiger partial charge is 0.487 e. The monoisotopic (exact) mass is 1270 g/mol. The third kappa shape index (κ3) is 17.8. The molecule has 0 aliphatic heterocycles. The summed E-state index contributed by atoms with van der Waals surface area (Å²) in [4.78, 5) is 14.0. The van der Waals surface area contributed by atoms with Crippen LogP contribution in [0.15, 0.2) is 255 Å². The summed E-state index contributed by atoms with van der Waals surface area (Å²) < 4.78 is 35.4. The molecule has 0 unspecified atom stereocenters. The Morgan fingerprint density at radius 1 is 0.260 bits per heavy atom. The molecule has 96 heavy (non-hydrogen) atoms. The van der Waals surface area contributed by atoms with Crippen LogP contribution in [-0.2, 0) is 58.9 Å². The number of fused-ring (bicyclic) bond motifs is 3. The van der Waals surface area contributed by atoms with Crippen molar-refractivity contribution in [2.75, 3.05) is 0 Å². The van der Waals surface area contributed by atoms with Gasteiger partial charge in [0.25, 0.3) is 0 Å². The van der Waals surface area contributed by atoms with E-state index < -0.39 is 0 Å². The number of tetrazole rings is 3. The van der Waals surface area contributed by atoms with Crippen molar-refractivity contribution in [3.8, 4) is 34.5 Å². The van der Waals surface area contributed by atoms with E-state index in [0.717, 1.165) is 119 Å². The first-order valence-electron chi connectivity index (χ1n) is 31.0. The number of aromatic amines is 3. The van der Waals surface area contributed by atoms with Gasteiger partial charge in [0.1, 0.15) is 54.3 Å². The summed E-state index contributed by atoms with van der Waals surface area (Å²) >= 11 is 0. The van der Waals surface area contributed by atoms with Crippen molar-refractivity contribution < 1.29 is 28.4 Å². The molecule has 21 nitrogen and oxygen atoms in total. The SMILES string of the molecule is c1cc(Cc2ccc(OCc3nn[nH]n3)cc2)cc(OCc2ccc3ccccc3n2)c1.c1cc(Cc2cccc(OCc3nn[nH]n3)c2)cc(OCc2ccc3ccccc3n2)c1.c1cc(Cc2ccccc2OCc2nn[nH]n2)cc(OCc2ccc3ccccc3n2)c1. The van der Waals surface area contributed by atoms with Gasteiger partial charge >= 0.3 is 0 Å². The van der Waals surface area contributed by atoms with Gasteiger partial charge in [0.2, 0.25) is 17.5 Å². The smallest absolute Gasteiger partial charge is 0.211 e. The minimum absolute atomic E-state index is 0.259. The van der Waals surface area contributed by atoms with Gasteiger partial charge in [-0.3, -0.25) is 0 Å². The number of hydrogen-bond donors (Lipinski definition) is 3. The quantitative estimate of drug-likeness (QED) is 0.0508. The molecule has 0 radical (unpaired) electrons. The van der Waals surface area contributed by atoms with Crippen molar-refractivity contribution in [2.45, 2.75) is 58.9 Å². The van der Waals surface area contributed by atoms with Crippen molar-refractivity contribution in [3.05, 3.63) is 323 Å². The van der Waals surface area contributed by atoms with Crippen LogP contribution in [0.1, 0.15) is 67.9 Å². The van der Waals surface area contributed by atoms with Crippen LogP contribution in [0.4, 0.5) is 0 Å². The molecule has 0 fully saturated rings. The van der Waals surface area contributed by atoms with Gasteiger partial charge in [0.05, 0.1) is 33.6 Å². The average molecular weight is 1270 g/mol. The molecule has 0 atom stereocenters. The Labute approximate surface area is 551 Å². The highest BCUT2D eigenvalue weighted by atomic mass is 16.5. The number of H-pyrrole nitrogens is 3. The molecule has 0 saturated carbocycles. The summed E-state index contributed by atoms with van der Waals surface area (Å²) in [6, 6.07) is 84.8. The van der Waals surface area contributed by atoms with Crippen LogP contribution >= 0.6 is 0 Å². The number of pyridine rings is 3. The van der Waals surface area contributed by atoms with E-state index >= 15 is 0 Å². The average Bonchev–Trinajstić information content (AvgIpc) is 3.55. The van der Waals surface area contributed by atoms with Crippen LogP contribution in [0.25, 0.3) is 32.7 Å². The van der Waals surface area contributed by atoms with Gasteiger partial charge < -0.3 is 28.4 Å². The highest BCUT2D eigenvalue weighted by Crippen LogP contribution is 2.27. The first-order chi connectivity index (χ1) is 47.5. The Morgan fingerprint density at radius 3 is 1.03 bits per heavy atom. The number of nitrogens with one attached hydrogen (secondary N) is 3. The second kappa shape index (κ2) is 31.5. The van der Waals surface area contributed by atoms with E-state index in [9.17, 15) is 0 Å². The molecule has 6 aromatic heterocycles. The van der Waals surface area contributed by atoms with Crippen LogP contribution in [0.3, 0.4) is 0 Å². The lowest BCUT2D eigenvalue weighted by Gasteiger charge is -2.12. The standard InChI is InChI=1S/3C25H21N5O2/c1-3-10-23-19(7-1)12-13-21(26-23)16-31-22-9-5-6-18(15-22)14-20-8-2-4-11-24(20)32-17-25-27-29-30-28-25;1-2-10-24-20(7-1)11-12-21(26-24)16-31-22-8-3-5-18(14-22)13-19-6-4-9-23(15-19)32-17-25-27-29-30-28-25;1-2-7-24-20(5-1)10-11-21(26-24)16-31-23-6-3-4-19(15-23)14-18-8-12-22(13-9-18)32-17-25-27-29-30-28-25/h1-13,15H,14,16-17H2,(H,27,28,29,30);1-12,14-15H,13,16-17H2,(H,27,28,29,30);1-13,15H,14,16-17H2,(H,27,28,29,30). The lowest BCUT2D eigenvalue weighted by atomic mass is 10.0. The van der Waals surface area contributed by atoms with Gasteiger partial charge in [-0.25, -0.2) is 15.0 Å². The Morgan fingerprint density at radius 2 is 0.615 bits per heavy atom. The molecule has 9 aromatic carbocycles. The molecule has 0 bridgehead atoms. The summed E-state index contributed by atoms with van der Waals surface area (Å²) in [6.07, 6.45) is 2.29. The number of para-hydroxylation sites is 4. The van der Waals surface area contributed by atoms with E-state index in [1.54, 1.807) is 0 Å². The molecule has 15 rings (SSSR count). The van der Waals surface area contributed by atoms with Crippen LogP contribution in [-0.4, -0.2) is 76.8 Å². The van der Waals surface area contributed by atoms with E-state index in [1.807, 2.05) is 158 Å². The number of rotatable bonds is 24. The van der Waals surface area contributed by atoms with Crippen LogP contribution < -0.4 is 28.4 Å². The minimum atomic E-state index is 0.259. The maximum absolute atomic E-state index is 6.03. The number of hydrogen-bond acceptors (Lipinski definition) is 18. The maximum Gasteiger partial charge on any atom is 0.211 e. The highest BCUT2D eigenvalue weighted by molar-refractivity contribution is 5.80. The van der Waals surface area contributed by atoms with Crippen molar-refractivity contribution in [2.24, 2.45) is 0 Å². The predicted octanol–water partition coefficient (Wildman–Crippen LogP) is 13.5. The van der Waals surface area contributed by atoms with Gasteiger partial charge in [0.15, 0.2) is 19.8 Å². The van der Waals surface area contributed by atoms with Gasteiger partial charge in [-0.2, -0.15) is 15.6 Å². The molecule has 0 aliphatic rings. The van der Waals surface area contributed by atoms with E-state index in [-0.39, 0.29) is 19.8 Å². The summed E-state index contributed by atoms with van der Waals surface area (Å²) in [5.41, 5.74) is 12.5. The van der Waals surface area contributed by atoms with E-state index in [1.165, 1.54) is 11.1 Å². The summed E-state index contributed by atoms with van der Waals surface area (Å²) in [7, 11) is 0. The molecule has 0 spiro atoms. The van der Waals surface area contributed by atoms with Gasteiger partial charge in [-0.05, 0) is 149 Å². The molecule has 0 amide bonds. The zero-order valence-corrected chi connectivity index (χ0v) is 51.9. The lowest BCUT2D eigenvalue weighted by molar-refractivity contribution is 0.293. The molecular formula is C75H63N15O6. The zero-order chi connectivity index (χ0) is 64.8. The second-order valence-corrected chi connectivity index (χ2v) is 22.1. The summed E-state index contributed by atoms with van der Waals surface area (Å²) in [5, 5.41) is 44.6. The fraction of sp³-hybridized carbons (Fsp3) is 0.120. The zero-order valence-electron chi connectivity index (χ0n) is 51.9. The number of nitrogens with zero attached hydrogens (tertiary/aromatic N) is 12. The topological polar surface area (TPSA) is 257 Å². The second-order valence-electron chi connectivity index (χ2n) is 22.1. The Hall–Kier alpha value is -12.8. The fourth-order valence-electron chi connectivity index (χ4n) is 10.4. The van der Waals surface area contributed by atoms with Crippen molar-refractivity contribution >= 4 is 32.7 Å². The Bertz CT molecular complexity index is 4930. The Balaban J connectivity index is 0.000000130. The van der Waals surface area contributed by atoms with E-state index in [0.29, 0.717) is 43.7 Å². The number of aromatic nitrogens is 15. The van der Waals surface area contributed by atoms with E-state index in [2.05, 4.69) is 174 Å². The van der Waals surface area contributed by atoms with Crippen molar-refractivity contribution in [3.63, 3.8) is 0 Å². The molecular weight excluding hydrogens is 1210 g/mol. The summed E-state index contributed by atoms with van der Waals surface area (Å²) in [6.45, 7) is 2.08. The first-order valence-corrected chi connectivity index (χ1v) is 31.0. The number of benzene rings is 9. The minimum Gasteiger partial charge on any atom is -0.487 e. The van der Waals surface area contributed by atoms with Gasteiger partial charge in [0, 0.05) is 22.6 Å². The summed E-state index contributed by atoms with van der Waals surface area (Å²) in [5.74, 6) is 6.33. The van der Waals surface area contributed by atoms with E-state index in [4.69, 9.17) is 28.4 Å². The van der Waals surface area contributed by atoms with Gasteiger partial charge in [-0.1, -0.05) is 167 Å². The predicted molar refractivity (Wildman–Crippen MR) is 361 cm³/mol. The van der Waals surface area contributed by atoms with Crippen LogP contribution in [0.2, 0.25) is 0 Å². The third-order valence-corrected chi connectivity index (χ3v) is 15.1. The van der Waals surface area contributed by atoms with Gasteiger partial charge in [-0.15, -0.1) is 30.6 Å². The highest BCUT2D eigenvalue weighted by Gasteiger charge is 2.11. The Kier molecular flexibility index (Phi) is 20.4. The molecule has 3 N–H and O–H groups in total. The first kappa shape index (κ1) is 62.0. The van der Waals surface area contributed by atoms with Crippen LogP contribution in [0.5, 0.6) is 34.5 Å². The fourth-order valence-corrected chi connectivity index (χ4v) is 10.4. The molecule has 0 aliphatic carbocycles. The molecule has 474 valence electrons.